The van der Waals surface area contributed by atoms with Gasteiger partial charge in [0.25, 0.3) is 0 Å². The second-order valence-electron chi connectivity index (χ2n) is 4.63. The van der Waals surface area contributed by atoms with Crippen LogP contribution >= 0.6 is 0 Å². The molecule has 0 aliphatic rings. The molecular formula is C11H27N3O2S. The Morgan fingerprint density at radius 1 is 1.35 bits per heavy atom. The fourth-order valence-electron chi connectivity index (χ4n) is 1.43. The molecule has 0 heterocycles. The van der Waals surface area contributed by atoms with Gasteiger partial charge in [0.15, 0.2) is 0 Å². The van der Waals surface area contributed by atoms with Crippen molar-refractivity contribution in [3.8, 4) is 0 Å². The fourth-order valence-corrected chi connectivity index (χ4v) is 2.79. The Balaban J connectivity index is 3.96. The summed E-state index contributed by atoms with van der Waals surface area (Å²) in [4.78, 5) is 2.19. The first-order valence-electron chi connectivity index (χ1n) is 6.23. The molecule has 0 rings (SSSR count). The molecule has 5 nitrogen and oxygen atoms in total. The lowest BCUT2D eigenvalue weighted by Crippen LogP contribution is -2.39. The van der Waals surface area contributed by atoms with Gasteiger partial charge in [-0.15, -0.1) is 0 Å². The molecule has 0 aromatic carbocycles. The van der Waals surface area contributed by atoms with E-state index in [2.05, 4.69) is 23.5 Å². The minimum atomic E-state index is -3.23. The predicted octanol–water partition coefficient (Wildman–Crippen LogP) is 0.373. The molecule has 1 unspecified atom stereocenters. The number of nitrogens with two attached hydrogens (primary N) is 1. The number of sulfonamides is 1. The average Bonchev–Trinajstić information content (AvgIpc) is 2.25. The summed E-state index contributed by atoms with van der Waals surface area (Å²) in [7, 11) is -1.20. The molecule has 0 bridgehead atoms. The molecule has 3 N–H and O–H groups in total. The van der Waals surface area contributed by atoms with Crippen LogP contribution in [-0.2, 0) is 10.0 Å². The van der Waals surface area contributed by atoms with E-state index in [1.165, 1.54) is 0 Å². The van der Waals surface area contributed by atoms with Gasteiger partial charge in [-0.05, 0) is 40.3 Å². The van der Waals surface area contributed by atoms with Crippen LogP contribution in [0.2, 0.25) is 0 Å². The SMILES string of the molecule is CCC(CN)S(=O)(=O)NCCCN(C)C(C)C. The zero-order valence-corrected chi connectivity index (χ0v) is 12.3. The Morgan fingerprint density at radius 2 is 1.94 bits per heavy atom. The van der Waals surface area contributed by atoms with E-state index >= 15 is 0 Å². The lowest BCUT2D eigenvalue weighted by Gasteiger charge is -2.21. The van der Waals surface area contributed by atoms with E-state index in [1.54, 1.807) is 0 Å². The highest BCUT2D eigenvalue weighted by atomic mass is 32.2. The van der Waals surface area contributed by atoms with Gasteiger partial charge in [0.05, 0.1) is 5.25 Å². The topological polar surface area (TPSA) is 75.4 Å². The molecule has 104 valence electrons. The van der Waals surface area contributed by atoms with E-state index in [1.807, 2.05) is 14.0 Å². The third kappa shape index (κ3) is 6.35. The molecule has 0 aliphatic carbocycles. The van der Waals surface area contributed by atoms with Crippen LogP contribution in [0.1, 0.15) is 33.6 Å². The van der Waals surface area contributed by atoms with Crippen LogP contribution in [0.5, 0.6) is 0 Å². The highest BCUT2D eigenvalue weighted by molar-refractivity contribution is 7.90. The van der Waals surface area contributed by atoms with Crippen molar-refractivity contribution in [1.82, 2.24) is 9.62 Å². The second-order valence-corrected chi connectivity index (χ2v) is 6.68. The Kier molecular flexibility index (Phi) is 7.94. The molecule has 0 spiro atoms. The zero-order chi connectivity index (χ0) is 13.5. The Morgan fingerprint density at radius 3 is 2.35 bits per heavy atom. The third-order valence-electron chi connectivity index (χ3n) is 3.03. The largest absolute Gasteiger partial charge is 0.329 e. The molecule has 6 heteroatoms. The van der Waals surface area contributed by atoms with Crippen LogP contribution < -0.4 is 10.5 Å². The van der Waals surface area contributed by atoms with Crippen LogP contribution in [0.4, 0.5) is 0 Å². The minimum absolute atomic E-state index is 0.178. The molecule has 17 heavy (non-hydrogen) atoms. The number of hydrogen-bond donors (Lipinski definition) is 2. The highest BCUT2D eigenvalue weighted by Crippen LogP contribution is 2.02. The van der Waals surface area contributed by atoms with Crippen LogP contribution in [0.15, 0.2) is 0 Å². The van der Waals surface area contributed by atoms with E-state index in [4.69, 9.17) is 5.73 Å². The van der Waals surface area contributed by atoms with Crippen LogP contribution in [0.25, 0.3) is 0 Å². The molecular weight excluding hydrogens is 238 g/mol. The fraction of sp³-hybridized carbons (Fsp3) is 1.00. The summed E-state index contributed by atoms with van der Waals surface area (Å²) < 4.78 is 26.2. The zero-order valence-electron chi connectivity index (χ0n) is 11.4. The van der Waals surface area contributed by atoms with Crippen molar-refractivity contribution in [3.05, 3.63) is 0 Å². The van der Waals surface area contributed by atoms with Crippen molar-refractivity contribution in [3.63, 3.8) is 0 Å². The lowest BCUT2D eigenvalue weighted by molar-refractivity contribution is 0.271. The monoisotopic (exact) mass is 265 g/mol. The summed E-state index contributed by atoms with van der Waals surface area (Å²) in [6.07, 6.45) is 1.37. The van der Waals surface area contributed by atoms with Gasteiger partial charge in [-0.1, -0.05) is 6.92 Å². The van der Waals surface area contributed by atoms with E-state index < -0.39 is 15.3 Å². The molecule has 0 fully saturated rings. The smallest absolute Gasteiger partial charge is 0.215 e. The molecule has 1 atom stereocenters. The normalized spacial score (nSPS) is 14.5. The first-order valence-corrected chi connectivity index (χ1v) is 7.78. The first-order chi connectivity index (χ1) is 7.85. The highest BCUT2D eigenvalue weighted by Gasteiger charge is 2.21. The Hall–Kier alpha value is -0.170. The Labute approximate surface area is 106 Å². The Bertz CT molecular complexity index is 287. The van der Waals surface area contributed by atoms with Gasteiger partial charge < -0.3 is 10.6 Å². The maximum Gasteiger partial charge on any atom is 0.215 e. The van der Waals surface area contributed by atoms with Gasteiger partial charge >= 0.3 is 0 Å². The quantitative estimate of drug-likeness (QED) is 0.591. The second kappa shape index (κ2) is 8.02. The van der Waals surface area contributed by atoms with Gasteiger partial charge in [0, 0.05) is 19.1 Å². The average molecular weight is 265 g/mol. The van der Waals surface area contributed by atoms with Crippen molar-refractivity contribution in [2.45, 2.75) is 44.9 Å². The molecule has 0 amide bonds. The molecule has 0 saturated heterocycles. The minimum Gasteiger partial charge on any atom is -0.329 e. The van der Waals surface area contributed by atoms with Gasteiger partial charge in [-0.25, -0.2) is 13.1 Å². The van der Waals surface area contributed by atoms with E-state index in [9.17, 15) is 8.42 Å². The van der Waals surface area contributed by atoms with E-state index in [0.717, 1.165) is 13.0 Å². The predicted molar refractivity (Wildman–Crippen MR) is 72.4 cm³/mol. The summed E-state index contributed by atoms with van der Waals surface area (Å²) in [6, 6.07) is 0.485. The summed E-state index contributed by atoms with van der Waals surface area (Å²) in [5, 5.41) is -0.467. The number of rotatable bonds is 9. The van der Waals surface area contributed by atoms with E-state index in [-0.39, 0.29) is 6.54 Å². The summed E-state index contributed by atoms with van der Waals surface area (Å²) >= 11 is 0. The first kappa shape index (κ1) is 16.8. The van der Waals surface area contributed by atoms with Crippen molar-refractivity contribution in [2.24, 2.45) is 5.73 Å². The van der Waals surface area contributed by atoms with Crippen LogP contribution in [-0.4, -0.2) is 51.3 Å². The number of hydrogen-bond acceptors (Lipinski definition) is 4. The standard InChI is InChI=1S/C11H27N3O2S/c1-5-11(9-12)17(15,16)13-7-6-8-14(4)10(2)3/h10-11,13H,5-9,12H2,1-4H3. The van der Waals surface area contributed by atoms with Crippen molar-refractivity contribution in [2.75, 3.05) is 26.7 Å². The lowest BCUT2D eigenvalue weighted by atomic mass is 10.3. The summed E-state index contributed by atoms with van der Waals surface area (Å²) in [6.45, 7) is 7.62. The van der Waals surface area contributed by atoms with E-state index in [0.29, 0.717) is 19.0 Å². The molecule has 0 aliphatic heterocycles. The van der Waals surface area contributed by atoms with Crippen LogP contribution in [0, 0.1) is 0 Å². The number of nitrogens with zero attached hydrogens (tertiary/aromatic N) is 1. The molecule has 0 aromatic heterocycles. The summed E-state index contributed by atoms with van der Waals surface area (Å²) in [5.74, 6) is 0. The van der Waals surface area contributed by atoms with Crippen molar-refractivity contribution in [1.29, 1.82) is 0 Å². The number of nitrogens with one attached hydrogen (secondary N) is 1. The maximum absolute atomic E-state index is 11.8. The van der Waals surface area contributed by atoms with Gasteiger partial charge in [-0.2, -0.15) is 0 Å². The molecule has 0 radical (unpaired) electrons. The van der Waals surface area contributed by atoms with Gasteiger partial charge in [-0.3, -0.25) is 0 Å². The van der Waals surface area contributed by atoms with Gasteiger partial charge in [0.2, 0.25) is 10.0 Å². The van der Waals surface area contributed by atoms with Crippen molar-refractivity contribution < 1.29 is 8.42 Å². The van der Waals surface area contributed by atoms with Crippen molar-refractivity contribution >= 4 is 10.0 Å². The maximum atomic E-state index is 11.8. The molecule has 0 saturated carbocycles. The van der Waals surface area contributed by atoms with Gasteiger partial charge in [0.1, 0.15) is 0 Å². The van der Waals surface area contributed by atoms with Crippen LogP contribution in [0.3, 0.4) is 0 Å². The molecule has 0 aromatic rings. The summed E-state index contributed by atoms with van der Waals surface area (Å²) in [5.41, 5.74) is 5.43. The third-order valence-corrected chi connectivity index (χ3v) is 5.04.